The zero-order valence-corrected chi connectivity index (χ0v) is 19.0. The number of allylic oxidation sites excluding steroid dienone is 4. The maximum absolute atomic E-state index is 13.0. The van der Waals surface area contributed by atoms with Crippen LogP contribution >= 0.6 is 0 Å². The van der Waals surface area contributed by atoms with Gasteiger partial charge in [-0.05, 0) is 59.4 Å². The van der Waals surface area contributed by atoms with Gasteiger partial charge in [0.25, 0.3) is 0 Å². The van der Waals surface area contributed by atoms with Gasteiger partial charge in [-0.15, -0.1) is 0 Å². The largest absolute Gasteiger partial charge is 0.423 e. The van der Waals surface area contributed by atoms with E-state index >= 15 is 0 Å². The van der Waals surface area contributed by atoms with Crippen LogP contribution < -0.4 is 4.74 Å². The molecule has 0 heterocycles. The molecule has 4 nitrogen and oxygen atoms in total. The number of esters is 1. The number of hydrogen-bond donors (Lipinski definition) is 0. The molecule has 0 saturated heterocycles. The van der Waals surface area contributed by atoms with Gasteiger partial charge >= 0.3 is 5.97 Å². The molecule has 0 bridgehead atoms. The van der Waals surface area contributed by atoms with Crippen LogP contribution in [0.25, 0.3) is 0 Å². The van der Waals surface area contributed by atoms with Crippen molar-refractivity contribution >= 4 is 23.2 Å². The molecule has 0 atom stereocenters. The van der Waals surface area contributed by atoms with E-state index in [1.54, 1.807) is 48.5 Å². The van der Waals surface area contributed by atoms with Gasteiger partial charge in [-0.1, -0.05) is 59.7 Å². The summed E-state index contributed by atoms with van der Waals surface area (Å²) in [5, 5.41) is 0. The van der Waals surface area contributed by atoms with Gasteiger partial charge in [0.05, 0.1) is 17.0 Å². The molecule has 160 valence electrons. The predicted molar refractivity (Wildman–Crippen MR) is 125 cm³/mol. The van der Waals surface area contributed by atoms with Crippen molar-refractivity contribution in [2.24, 2.45) is 15.8 Å². The lowest BCUT2D eigenvalue weighted by molar-refractivity contribution is -0.114. The van der Waals surface area contributed by atoms with Crippen LogP contribution in [0, 0.1) is 10.8 Å². The summed E-state index contributed by atoms with van der Waals surface area (Å²) < 4.78 is 5.43. The van der Waals surface area contributed by atoms with Crippen molar-refractivity contribution in [3.8, 4) is 5.75 Å². The Morgan fingerprint density at radius 2 is 1.29 bits per heavy atom. The molecule has 0 aliphatic heterocycles. The fourth-order valence-corrected chi connectivity index (χ4v) is 3.27. The van der Waals surface area contributed by atoms with E-state index in [0.717, 1.165) is 22.5 Å². The predicted octanol–water partition coefficient (Wildman–Crippen LogP) is 6.51. The summed E-state index contributed by atoms with van der Waals surface area (Å²) in [6.45, 7) is 12.2. The first-order valence-corrected chi connectivity index (χ1v) is 10.4. The van der Waals surface area contributed by atoms with Crippen LogP contribution in [-0.2, 0) is 4.79 Å². The Labute approximate surface area is 184 Å². The molecule has 2 aromatic carbocycles. The number of ketones is 1. The molecule has 0 aromatic heterocycles. The van der Waals surface area contributed by atoms with Crippen molar-refractivity contribution in [2.75, 3.05) is 0 Å². The Hall–Kier alpha value is -3.27. The van der Waals surface area contributed by atoms with Crippen molar-refractivity contribution in [3.05, 3.63) is 83.5 Å². The van der Waals surface area contributed by atoms with Gasteiger partial charge in [-0.25, -0.2) is 9.79 Å². The van der Waals surface area contributed by atoms with Crippen LogP contribution in [-0.4, -0.2) is 17.5 Å². The highest BCUT2D eigenvalue weighted by molar-refractivity contribution is 6.23. The molecule has 0 spiro atoms. The maximum Gasteiger partial charge on any atom is 0.343 e. The highest BCUT2D eigenvalue weighted by atomic mass is 16.5. The zero-order chi connectivity index (χ0) is 22.8. The number of aliphatic imine (C=N–C) groups is 1. The monoisotopic (exact) mass is 415 g/mol. The van der Waals surface area contributed by atoms with Crippen molar-refractivity contribution in [1.82, 2.24) is 0 Å². The van der Waals surface area contributed by atoms with Gasteiger partial charge in [0.2, 0.25) is 0 Å². The third kappa shape index (κ3) is 5.46. The van der Waals surface area contributed by atoms with E-state index < -0.39 is 5.97 Å². The first-order valence-electron chi connectivity index (χ1n) is 10.4. The Balaban J connectivity index is 1.87. The second-order valence-corrected chi connectivity index (χ2v) is 9.73. The number of hydrogen-bond acceptors (Lipinski definition) is 4. The van der Waals surface area contributed by atoms with Crippen molar-refractivity contribution in [2.45, 2.75) is 41.5 Å². The minimum Gasteiger partial charge on any atom is -0.423 e. The van der Waals surface area contributed by atoms with Crippen LogP contribution in [0.15, 0.2) is 82.9 Å². The first kappa shape index (κ1) is 22.4. The van der Waals surface area contributed by atoms with Crippen LogP contribution in [0.1, 0.15) is 51.9 Å². The molecule has 0 saturated carbocycles. The quantitative estimate of drug-likeness (QED) is 0.326. The number of carbonyl (C=O) groups is 2. The minimum atomic E-state index is -0.402. The molecule has 2 aromatic rings. The summed E-state index contributed by atoms with van der Waals surface area (Å²) in [6.07, 6.45) is 3.75. The van der Waals surface area contributed by atoms with Gasteiger partial charge < -0.3 is 4.74 Å². The van der Waals surface area contributed by atoms with Crippen molar-refractivity contribution in [1.29, 1.82) is 0 Å². The van der Waals surface area contributed by atoms with E-state index in [0.29, 0.717) is 11.3 Å². The fraction of sp³-hybridized carbons (Fsp3) is 0.296. The summed E-state index contributed by atoms with van der Waals surface area (Å²) in [4.78, 5) is 30.0. The molecule has 0 unspecified atom stereocenters. The Morgan fingerprint density at radius 3 is 1.77 bits per heavy atom. The minimum absolute atomic E-state index is 0.0853. The van der Waals surface area contributed by atoms with E-state index in [4.69, 9.17) is 9.73 Å². The average Bonchev–Trinajstić information content (AvgIpc) is 2.69. The molecule has 31 heavy (non-hydrogen) atoms. The number of carbonyl (C=O) groups excluding carboxylic acids is 2. The summed E-state index contributed by atoms with van der Waals surface area (Å²) in [6, 6.07) is 15.9. The Morgan fingerprint density at radius 1 is 0.774 bits per heavy atom. The van der Waals surface area contributed by atoms with Crippen LogP contribution in [0.5, 0.6) is 5.75 Å². The highest BCUT2D eigenvalue weighted by Crippen LogP contribution is 2.37. The molecule has 1 aliphatic rings. The number of Topliss-reactive ketones (excluding diaryl/α,β-unsaturated/α-hetero) is 1. The molecule has 0 radical (unpaired) electrons. The molecular formula is C27H29NO3. The smallest absolute Gasteiger partial charge is 0.343 e. The zero-order valence-electron chi connectivity index (χ0n) is 19.0. The van der Waals surface area contributed by atoms with Gasteiger partial charge in [-0.2, -0.15) is 0 Å². The third-order valence-corrected chi connectivity index (χ3v) is 5.00. The van der Waals surface area contributed by atoms with Gasteiger partial charge in [0.1, 0.15) is 5.75 Å². The third-order valence-electron chi connectivity index (χ3n) is 5.00. The summed E-state index contributed by atoms with van der Waals surface area (Å²) in [5.41, 5.74) is 2.91. The summed E-state index contributed by atoms with van der Waals surface area (Å²) >= 11 is 0. The van der Waals surface area contributed by atoms with Crippen molar-refractivity contribution < 1.29 is 14.3 Å². The first-order chi connectivity index (χ1) is 14.4. The highest BCUT2D eigenvalue weighted by Gasteiger charge is 2.34. The van der Waals surface area contributed by atoms with Gasteiger partial charge in [0.15, 0.2) is 5.78 Å². The molecule has 0 N–H and O–H groups in total. The summed E-state index contributed by atoms with van der Waals surface area (Å²) in [5.74, 6) is 0.136. The van der Waals surface area contributed by atoms with E-state index in [9.17, 15) is 9.59 Å². The normalized spacial score (nSPS) is 14.6. The molecule has 4 heteroatoms. The number of ether oxygens (including phenoxy) is 1. The van der Waals surface area contributed by atoms with Gasteiger partial charge in [0, 0.05) is 11.1 Å². The Bertz CT molecular complexity index is 1040. The van der Waals surface area contributed by atoms with E-state index in [-0.39, 0.29) is 16.6 Å². The topological polar surface area (TPSA) is 55.7 Å². The molecular weight excluding hydrogens is 386 g/mol. The average molecular weight is 416 g/mol. The molecule has 1 aliphatic carbocycles. The fourth-order valence-electron chi connectivity index (χ4n) is 3.27. The summed E-state index contributed by atoms with van der Waals surface area (Å²) in [7, 11) is 0. The molecule has 0 amide bonds. The van der Waals surface area contributed by atoms with Crippen molar-refractivity contribution in [3.63, 3.8) is 0 Å². The van der Waals surface area contributed by atoms with Crippen LogP contribution in [0.4, 0.5) is 5.69 Å². The maximum atomic E-state index is 13.0. The SMILES string of the molecule is CC(C)(C)C1=CC(=Nc2ccc(OC(=O)c3ccccc3)cc2)C=C(C(C)(C)C)C1=O. The van der Waals surface area contributed by atoms with E-state index in [1.807, 2.05) is 59.8 Å². The lowest BCUT2D eigenvalue weighted by Gasteiger charge is -2.31. The van der Waals surface area contributed by atoms with E-state index in [2.05, 4.69) is 0 Å². The lowest BCUT2D eigenvalue weighted by Crippen LogP contribution is -2.29. The second-order valence-electron chi connectivity index (χ2n) is 9.73. The standard InChI is InChI=1S/C27H29NO3/c1-26(2,3)22-16-20(17-23(24(22)29)27(4,5)6)28-19-12-14-21(15-13-19)31-25(30)18-10-8-7-9-11-18/h7-17H,1-6H3. The molecule has 3 rings (SSSR count). The second kappa shape index (κ2) is 8.46. The lowest BCUT2D eigenvalue weighted by atomic mass is 9.72. The molecule has 0 fully saturated rings. The number of rotatable bonds is 3. The van der Waals surface area contributed by atoms with E-state index in [1.165, 1.54) is 0 Å². The van der Waals surface area contributed by atoms with Crippen LogP contribution in [0.3, 0.4) is 0 Å². The van der Waals surface area contributed by atoms with Crippen LogP contribution in [0.2, 0.25) is 0 Å². The number of benzene rings is 2. The number of nitrogens with zero attached hydrogens (tertiary/aromatic N) is 1. The Kier molecular flexibility index (Phi) is 6.12. The van der Waals surface area contributed by atoms with Gasteiger partial charge in [-0.3, -0.25) is 4.79 Å².